The summed E-state index contributed by atoms with van der Waals surface area (Å²) in [4.78, 5) is 18.7. The van der Waals surface area contributed by atoms with Gasteiger partial charge in [-0.3, -0.25) is 15.0 Å². The third-order valence-corrected chi connectivity index (χ3v) is 3.78. The minimum atomic E-state index is -0.443. The van der Waals surface area contributed by atoms with E-state index in [1.807, 2.05) is 0 Å². The summed E-state index contributed by atoms with van der Waals surface area (Å²) < 4.78 is 0. The fourth-order valence-electron chi connectivity index (χ4n) is 2.49. The average Bonchev–Trinajstić information content (AvgIpc) is 2.49. The lowest BCUT2D eigenvalue weighted by molar-refractivity contribution is -0.385. The quantitative estimate of drug-likeness (QED) is 0.637. The number of aromatic nitrogens is 1. The third-order valence-electron chi connectivity index (χ3n) is 3.78. The molecule has 1 unspecified atom stereocenters. The molecule has 0 bridgehead atoms. The van der Waals surface area contributed by atoms with E-state index in [9.17, 15) is 15.2 Å². The molecule has 0 spiro atoms. The predicted octanol–water partition coefficient (Wildman–Crippen LogP) is 0.883. The largest absolute Gasteiger partial charge is 0.395 e. The molecule has 1 aliphatic heterocycles. The minimum Gasteiger partial charge on any atom is -0.395 e. The van der Waals surface area contributed by atoms with Crippen LogP contribution in [0, 0.1) is 10.1 Å². The highest BCUT2D eigenvalue weighted by Gasteiger charge is 2.23. The molecule has 2 heterocycles. The first-order valence-electron chi connectivity index (χ1n) is 6.86. The van der Waals surface area contributed by atoms with Gasteiger partial charge in [-0.05, 0) is 12.5 Å². The summed E-state index contributed by atoms with van der Waals surface area (Å²) in [6.45, 7) is 5.65. The Hall–Kier alpha value is -1.73. The van der Waals surface area contributed by atoms with Crippen LogP contribution in [0.4, 0.5) is 11.5 Å². The molecule has 0 saturated carbocycles. The van der Waals surface area contributed by atoms with Crippen LogP contribution in [0.1, 0.15) is 13.3 Å². The molecule has 0 radical (unpaired) electrons. The molecule has 20 heavy (non-hydrogen) atoms. The number of anilines is 1. The molecule has 2 rings (SSSR count). The second kappa shape index (κ2) is 6.62. The van der Waals surface area contributed by atoms with Gasteiger partial charge in [0.25, 0.3) is 5.69 Å². The second-order valence-corrected chi connectivity index (χ2v) is 4.90. The normalized spacial score (nSPS) is 18.0. The van der Waals surface area contributed by atoms with Crippen LogP contribution in [0.15, 0.2) is 18.3 Å². The van der Waals surface area contributed by atoms with E-state index in [2.05, 4.69) is 21.7 Å². The number of nitrogens with zero attached hydrogens (tertiary/aromatic N) is 4. The summed E-state index contributed by atoms with van der Waals surface area (Å²) in [7, 11) is 0. The van der Waals surface area contributed by atoms with Gasteiger partial charge >= 0.3 is 0 Å². The lowest BCUT2D eigenvalue weighted by Gasteiger charge is -2.38. The number of hydrogen-bond acceptors (Lipinski definition) is 6. The van der Waals surface area contributed by atoms with E-state index in [4.69, 9.17) is 0 Å². The summed E-state index contributed by atoms with van der Waals surface area (Å²) in [6, 6.07) is 3.40. The summed E-state index contributed by atoms with van der Waals surface area (Å²) in [5, 5.41) is 19.9. The molecule has 1 fully saturated rings. The second-order valence-electron chi connectivity index (χ2n) is 4.90. The lowest BCUT2D eigenvalue weighted by atomic mass is 10.1. The van der Waals surface area contributed by atoms with Crippen molar-refractivity contribution < 1.29 is 10.0 Å². The Labute approximate surface area is 118 Å². The number of nitro groups is 1. The van der Waals surface area contributed by atoms with Crippen LogP contribution < -0.4 is 4.90 Å². The van der Waals surface area contributed by atoms with Crippen LogP contribution in [0.5, 0.6) is 0 Å². The van der Waals surface area contributed by atoms with Crippen LogP contribution in [-0.2, 0) is 0 Å². The van der Waals surface area contributed by atoms with Crippen molar-refractivity contribution in [3.05, 3.63) is 28.4 Å². The molecular weight excluding hydrogens is 260 g/mol. The zero-order chi connectivity index (χ0) is 14.5. The molecule has 0 aromatic carbocycles. The zero-order valence-electron chi connectivity index (χ0n) is 11.6. The Bertz CT molecular complexity index is 439. The number of hydrogen-bond donors (Lipinski definition) is 1. The Morgan fingerprint density at radius 3 is 2.55 bits per heavy atom. The van der Waals surface area contributed by atoms with E-state index < -0.39 is 4.92 Å². The molecular formula is C13H20N4O3. The first-order chi connectivity index (χ1) is 9.65. The van der Waals surface area contributed by atoms with Gasteiger partial charge in [0.1, 0.15) is 12.0 Å². The van der Waals surface area contributed by atoms with Gasteiger partial charge < -0.3 is 10.0 Å². The van der Waals surface area contributed by atoms with Crippen LogP contribution in [0.2, 0.25) is 0 Å². The van der Waals surface area contributed by atoms with Gasteiger partial charge in [0.15, 0.2) is 0 Å². The summed E-state index contributed by atoms with van der Waals surface area (Å²) in [5.74, 6) is 0.771. The van der Waals surface area contributed by atoms with Crippen molar-refractivity contribution in [2.45, 2.75) is 19.4 Å². The molecule has 1 saturated heterocycles. The fraction of sp³-hybridized carbons (Fsp3) is 0.615. The van der Waals surface area contributed by atoms with Crippen LogP contribution in [-0.4, -0.2) is 58.7 Å². The number of piperazine rings is 1. The Morgan fingerprint density at radius 1 is 1.40 bits per heavy atom. The molecule has 0 aliphatic carbocycles. The first-order valence-corrected chi connectivity index (χ1v) is 6.86. The summed E-state index contributed by atoms with van der Waals surface area (Å²) >= 11 is 0. The molecule has 1 aromatic rings. The molecule has 7 heteroatoms. The van der Waals surface area contributed by atoms with Crippen molar-refractivity contribution in [3.8, 4) is 0 Å². The van der Waals surface area contributed by atoms with Crippen molar-refractivity contribution in [2.24, 2.45) is 0 Å². The van der Waals surface area contributed by atoms with Gasteiger partial charge in [-0.1, -0.05) is 6.92 Å². The van der Waals surface area contributed by atoms with E-state index in [0.717, 1.165) is 38.4 Å². The fourth-order valence-corrected chi connectivity index (χ4v) is 2.49. The van der Waals surface area contributed by atoms with Gasteiger partial charge in [-0.15, -0.1) is 0 Å². The van der Waals surface area contributed by atoms with Crippen molar-refractivity contribution in [2.75, 3.05) is 37.7 Å². The molecule has 1 aliphatic rings. The lowest BCUT2D eigenvalue weighted by Crippen LogP contribution is -2.51. The average molecular weight is 280 g/mol. The third kappa shape index (κ3) is 3.23. The van der Waals surface area contributed by atoms with Gasteiger partial charge in [-0.2, -0.15) is 0 Å². The first kappa shape index (κ1) is 14.7. The number of pyridine rings is 1. The smallest absolute Gasteiger partial charge is 0.287 e. The van der Waals surface area contributed by atoms with Crippen molar-refractivity contribution in [3.63, 3.8) is 0 Å². The molecule has 7 nitrogen and oxygen atoms in total. The predicted molar refractivity (Wildman–Crippen MR) is 75.8 cm³/mol. The maximum absolute atomic E-state index is 10.6. The van der Waals surface area contributed by atoms with E-state index in [0.29, 0.717) is 0 Å². The number of aliphatic hydroxyl groups is 1. The van der Waals surface area contributed by atoms with Gasteiger partial charge in [0.05, 0.1) is 11.5 Å². The maximum Gasteiger partial charge on any atom is 0.287 e. The van der Waals surface area contributed by atoms with Crippen molar-refractivity contribution >= 4 is 11.5 Å². The molecule has 1 N–H and O–H groups in total. The summed E-state index contributed by atoms with van der Waals surface area (Å²) in [5.41, 5.74) is 0.0127. The van der Waals surface area contributed by atoms with Crippen molar-refractivity contribution in [1.29, 1.82) is 0 Å². The topological polar surface area (TPSA) is 82.7 Å². The van der Waals surface area contributed by atoms with E-state index in [-0.39, 0.29) is 18.3 Å². The summed E-state index contributed by atoms with van der Waals surface area (Å²) in [6.07, 6.45) is 2.23. The Morgan fingerprint density at radius 2 is 2.10 bits per heavy atom. The molecule has 1 aromatic heterocycles. The molecule has 1 atom stereocenters. The van der Waals surface area contributed by atoms with Crippen molar-refractivity contribution in [1.82, 2.24) is 9.88 Å². The van der Waals surface area contributed by atoms with Crippen LogP contribution in [0.3, 0.4) is 0 Å². The highest BCUT2D eigenvalue weighted by molar-refractivity contribution is 5.43. The van der Waals surface area contributed by atoms with E-state index >= 15 is 0 Å². The monoisotopic (exact) mass is 280 g/mol. The molecule has 0 amide bonds. The van der Waals surface area contributed by atoms with E-state index in [1.165, 1.54) is 12.3 Å². The van der Waals surface area contributed by atoms with Gasteiger partial charge in [-0.25, -0.2) is 4.98 Å². The Balaban J connectivity index is 1.95. The maximum atomic E-state index is 10.6. The highest BCUT2D eigenvalue weighted by atomic mass is 16.6. The standard InChI is InChI=1S/C13H20N4O3/c1-2-11(10-18)15-5-7-16(8-6-15)13-4-3-12(9-14-13)17(19)20/h3-4,9,11,18H,2,5-8,10H2,1H3. The van der Waals surface area contributed by atoms with Gasteiger partial charge in [0, 0.05) is 38.3 Å². The SMILES string of the molecule is CCC(CO)N1CCN(c2ccc([N+](=O)[O-])cn2)CC1. The zero-order valence-corrected chi connectivity index (χ0v) is 11.6. The highest BCUT2D eigenvalue weighted by Crippen LogP contribution is 2.18. The molecule has 110 valence electrons. The van der Waals surface area contributed by atoms with E-state index in [1.54, 1.807) is 6.07 Å². The van der Waals surface area contributed by atoms with Crippen LogP contribution >= 0.6 is 0 Å². The number of aliphatic hydroxyl groups excluding tert-OH is 1. The number of rotatable bonds is 5. The minimum absolute atomic E-state index is 0.0127. The Kier molecular flexibility index (Phi) is 4.86. The van der Waals surface area contributed by atoms with Crippen LogP contribution in [0.25, 0.3) is 0 Å². The van der Waals surface area contributed by atoms with Gasteiger partial charge in [0.2, 0.25) is 0 Å².